The van der Waals surface area contributed by atoms with Crippen LogP contribution in [0.4, 0.5) is 0 Å². The minimum absolute atomic E-state index is 0.134. The molecule has 0 aliphatic rings. The van der Waals surface area contributed by atoms with Crippen LogP contribution in [0.5, 0.6) is 5.75 Å². The standard InChI is InChI=1S/C19H23NO6S2/c1-27(22,23)18-12-8-16(9-13-18)14-26-17-10-6-15(7-11-17)4-3-5-19(21)20-28(2,24)25/h6-13H,3-5,14H2,1-2H3,(H,20,21). The van der Waals surface area contributed by atoms with Gasteiger partial charge < -0.3 is 4.74 Å². The Hall–Kier alpha value is -2.39. The molecule has 152 valence electrons. The van der Waals surface area contributed by atoms with Crippen molar-refractivity contribution >= 4 is 25.8 Å². The van der Waals surface area contributed by atoms with Crippen molar-refractivity contribution in [1.82, 2.24) is 4.72 Å². The normalized spacial score (nSPS) is 11.8. The molecule has 1 N–H and O–H groups in total. The van der Waals surface area contributed by atoms with E-state index in [0.29, 0.717) is 25.2 Å². The van der Waals surface area contributed by atoms with Gasteiger partial charge in [0.15, 0.2) is 9.84 Å². The highest BCUT2D eigenvalue weighted by molar-refractivity contribution is 7.90. The fourth-order valence-electron chi connectivity index (χ4n) is 2.46. The lowest BCUT2D eigenvalue weighted by Crippen LogP contribution is -2.29. The summed E-state index contributed by atoms with van der Waals surface area (Å²) in [7, 11) is -6.72. The quantitative estimate of drug-likeness (QED) is 0.659. The first-order valence-electron chi connectivity index (χ1n) is 8.54. The van der Waals surface area contributed by atoms with Gasteiger partial charge in [-0.1, -0.05) is 24.3 Å². The molecule has 2 aromatic carbocycles. The zero-order valence-corrected chi connectivity index (χ0v) is 17.3. The summed E-state index contributed by atoms with van der Waals surface area (Å²) in [5.41, 5.74) is 1.87. The van der Waals surface area contributed by atoms with Gasteiger partial charge in [-0.15, -0.1) is 0 Å². The number of ether oxygens (including phenoxy) is 1. The number of carbonyl (C=O) groups excluding carboxylic acids is 1. The number of benzene rings is 2. The Balaban J connectivity index is 1.80. The molecule has 0 fully saturated rings. The molecule has 9 heteroatoms. The summed E-state index contributed by atoms with van der Waals surface area (Å²) in [6.45, 7) is 0.315. The zero-order chi connectivity index (χ0) is 20.8. The molecule has 1 amide bonds. The van der Waals surface area contributed by atoms with Crippen molar-refractivity contribution in [3.05, 3.63) is 59.7 Å². The van der Waals surface area contributed by atoms with Crippen LogP contribution in [0, 0.1) is 0 Å². The largest absolute Gasteiger partial charge is 0.489 e. The molecular weight excluding hydrogens is 402 g/mol. The van der Waals surface area contributed by atoms with Crippen LogP contribution in [-0.2, 0) is 37.7 Å². The SMILES string of the molecule is CS(=O)(=O)NC(=O)CCCc1ccc(OCc2ccc(S(C)(=O)=O)cc2)cc1. The summed E-state index contributed by atoms with van der Waals surface area (Å²) >= 11 is 0. The number of rotatable bonds is 9. The summed E-state index contributed by atoms with van der Waals surface area (Å²) in [4.78, 5) is 11.7. The van der Waals surface area contributed by atoms with Gasteiger partial charge in [-0.2, -0.15) is 0 Å². The molecule has 0 aromatic heterocycles. The first-order chi connectivity index (χ1) is 13.0. The molecule has 0 saturated heterocycles. The average molecular weight is 426 g/mol. The van der Waals surface area contributed by atoms with Gasteiger partial charge in [0.05, 0.1) is 11.2 Å². The average Bonchev–Trinajstić information content (AvgIpc) is 2.59. The maximum Gasteiger partial charge on any atom is 0.233 e. The number of hydrogen-bond donors (Lipinski definition) is 1. The van der Waals surface area contributed by atoms with Crippen molar-refractivity contribution in [3.8, 4) is 5.75 Å². The van der Waals surface area contributed by atoms with E-state index in [2.05, 4.69) is 0 Å². The fraction of sp³-hybridized carbons (Fsp3) is 0.316. The third-order valence-corrected chi connectivity index (χ3v) is 5.58. The van der Waals surface area contributed by atoms with Crippen molar-refractivity contribution in [3.63, 3.8) is 0 Å². The second-order valence-corrected chi connectivity index (χ2v) is 10.3. The van der Waals surface area contributed by atoms with E-state index in [0.717, 1.165) is 23.6 Å². The van der Waals surface area contributed by atoms with Gasteiger partial charge in [-0.25, -0.2) is 16.8 Å². The molecule has 0 atom stereocenters. The highest BCUT2D eigenvalue weighted by atomic mass is 32.2. The number of sulfone groups is 1. The topological polar surface area (TPSA) is 107 Å². The third-order valence-electron chi connectivity index (χ3n) is 3.85. The molecule has 2 aromatic rings. The Labute approximate surface area is 165 Å². The van der Waals surface area contributed by atoms with E-state index < -0.39 is 25.8 Å². The van der Waals surface area contributed by atoms with Gasteiger partial charge >= 0.3 is 0 Å². The van der Waals surface area contributed by atoms with Crippen LogP contribution in [0.25, 0.3) is 0 Å². The van der Waals surface area contributed by atoms with E-state index in [1.165, 1.54) is 0 Å². The maximum absolute atomic E-state index is 11.5. The number of carbonyl (C=O) groups is 1. The fourth-order valence-corrected chi connectivity index (χ4v) is 3.61. The van der Waals surface area contributed by atoms with Gasteiger partial charge in [-0.3, -0.25) is 9.52 Å². The van der Waals surface area contributed by atoms with Crippen molar-refractivity contribution in [2.75, 3.05) is 12.5 Å². The molecule has 0 radical (unpaired) electrons. The number of hydrogen-bond acceptors (Lipinski definition) is 6. The molecule has 0 bridgehead atoms. The van der Waals surface area contributed by atoms with Crippen LogP contribution in [0.2, 0.25) is 0 Å². The Morgan fingerprint density at radius 2 is 1.46 bits per heavy atom. The number of sulfonamides is 1. The Bertz CT molecular complexity index is 1010. The van der Waals surface area contributed by atoms with E-state index in [-0.39, 0.29) is 11.3 Å². The predicted octanol–water partition coefficient (Wildman–Crippen LogP) is 2.07. The minimum Gasteiger partial charge on any atom is -0.489 e. The Kier molecular flexibility index (Phi) is 7.20. The van der Waals surface area contributed by atoms with Crippen LogP contribution in [0.1, 0.15) is 24.0 Å². The monoisotopic (exact) mass is 425 g/mol. The van der Waals surface area contributed by atoms with Crippen LogP contribution < -0.4 is 9.46 Å². The smallest absolute Gasteiger partial charge is 0.233 e. The van der Waals surface area contributed by atoms with Crippen molar-refractivity contribution in [2.24, 2.45) is 0 Å². The van der Waals surface area contributed by atoms with Crippen LogP contribution in [0.3, 0.4) is 0 Å². The molecule has 0 aliphatic carbocycles. The van der Waals surface area contributed by atoms with Gasteiger partial charge in [0.25, 0.3) is 0 Å². The molecule has 0 saturated carbocycles. The van der Waals surface area contributed by atoms with E-state index in [9.17, 15) is 21.6 Å². The maximum atomic E-state index is 11.5. The Morgan fingerprint density at radius 3 is 2.00 bits per heavy atom. The van der Waals surface area contributed by atoms with Gasteiger partial charge in [0.2, 0.25) is 15.9 Å². The van der Waals surface area contributed by atoms with Crippen LogP contribution in [0.15, 0.2) is 53.4 Å². The van der Waals surface area contributed by atoms with Crippen molar-refractivity contribution in [2.45, 2.75) is 30.8 Å². The summed E-state index contributed by atoms with van der Waals surface area (Å²) in [5.74, 6) is 0.162. The lowest BCUT2D eigenvalue weighted by molar-refractivity contribution is -0.119. The summed E-state index contributed by atoms with van der Waals surface area (Å²) in [5, 5.41) is 0. The molecular formula is C19H23NO6S2. The van der Waals surface area contributed by atoms with Crippen molar-refractivity contribution < 1.29 is 26.4 Å². The molecule has 0 heterocycles. The molecule has 28 heavy (non-hydrogen) atoms. The number of aryl methyl sites for hydroxylation is 1. The first kappa shape index (κ1) is 21.9. The lowest BCUT2D eigenvalue weighted by Gasteiger charge is -2.08. The summed E-state index contributed by atoms with van der Waals surface area (Å²) < 4.78 is 52.5. The van der Waals surface area contributed by atoms with Gasteiger partial charge in [0.1, 0.15) is 12.4 Å². The van der Waals surface area contributed by atoms with Gasteiger partial charge in [0, 0.05) is 12.7 Å². The molecule has 0 aliphatic heterocycles. The van der Waals surface area contributed by atoms with E-state index >= 15 is 0 Å². The second kappa shape index (κ2) is 9.20. The molecule has 2 rings (SSSR count). The van der Waals surface area contributed by atoms with Crippen LogP contribution in [-0.4, -0.2) is 35.3 Å². The highest BCUT2D eigenvalue weighted by Gasteiger charge is 2.08. The third kappa shape index (κ3) is 7.69. The highest BCUT2D eigenvalue weighted by Crippen LogP contribution is 2.17. The molecule has 7 nitrogen and oxygen atoms in total. The van der Waals surface area contributed by atoms with Gasteiger partial charge in [-0.05, 0) is 48.2 Å². The Morgan fingerprint density at radius 1 is 0.893 bits per heavy atom. The first-order valence-corrected chi connectivity index (χ1v) is 12.3. The number of nitrogens with one attached hydrogen (secondary N) is 1. The van der Waals surface area contributed by atoms with E-state index in [1.807, 2.05) is 29.0 Å². The lowest BCUT2D eigenvalue weighted by atomic mass is 10.1. The molecule has 0 spiro atoms. The van der Waals surface area contributed by atoms with Crippen LogP contribution >= 0.6 is 0 Å². The van der Waals surface area contributed by atoms with E-state index in [1.54, 1.807) is 24.3 Å². The summed E-state index contributed by atoms with van der Waals surface area (Å²) in [6, 6.07) is 13.9. The molecule has 0 unspecified atom stereocenters. The zero-order valence-electron chi connectivity index (χ0n) is 15.7. The van der Waals surface area contributed by atoms with Crippen molar-refractivity contribution in [1.29, 1.82) is 0 Å². The minimum atomic E-state index is -3.51. The number of amides is 1. The second-order valence-electron chi connectivity index (χ2n) is 6.50. The predicted molar refractivity (Wildman–Crippen MR) is 106 cm³/mol. The van der Waals surface area contributed by atoms with E-state index in [4.69, 9.17) is 4.74 Å². The summed E-state index contributed by atoms with van der Waals surface area (Å²) in [6.07, 6.45) is 3.43.